The number of amides is 2. The van der Waals surface area contributed by atoms with Crippen LogP contribution in [0.2, 0.25) is 0 Å². The van der Waals surface area contributed by atoms with Crippen LogP contribution in [0, 0.1) is 5.92 Å². The van der Waals surface area contributed by atoms with Crippen LogP contribution >= 0.6 is 0 Å². The van der Waals surface area contributed by atoms with E-state index in [-0.39, 0.29) is 19.4 Å². The van der Waals surface area contributed by atoms with Crippen LogP contribution in [0.1, 0.15) is 50.5 Å². The standard InChI is InChI=1S/C18H26N2O3.CH4/c1-18(2,3)23-17(22)20-10-9-14(12-20)11-13-5-7-15(8-6-13)16(21)19-4;/h5-8,14H,9-12H2,1-4H3,(H,19,21);1H4. The van der Waals surface area contributed by atoms with Crippen molar-refractivity contribution >= 4 is 12.0 Å². The van der Waals surface area contributed by atoms with Crippen LogP contribution in [-0.2, 0) is 11.2 Å². The van der Waals surface area contributed by atoms with E-state index in [0.29, 0.717) is 11.5 Å². The molecular formula is C19H30N2O3. The van der Waals surface area contributed by atoms with E-state index in [4.69, 9.17) is 4.74 Å². The van der Waals surface area contributed by atoms with E-state index >= 15 is 0 Å². The lowest BCUT2D eigenvalue weighted by molar-refractivity contribution is 0.0288. The molecule has 0 radical (unpaired) electrons. The zero-order valence-electron chi connectivity index (χ0n) is 14.4. The van der Waals surface area contributed by atoms with Gasteiger partial charge in [0.1, 0.15) is 5.60 Å². The summed E-state index contributed by atoms with van der Waals surface area (Å²) in [5.41, 5.74) is 1.40. The molecule has 1 aliphatic rings. The van der Waals surface area contributed by atoms with Crippen molar-refractivity contribution in [3.05, 3.63) is 35.4 Å². The maximum absolute atomic E-state index is 12.1. The maximum atomic E-state index is 12.1. The first-order chi connectivity index (χ1) is 10.8. The first-order valence-electron chi connectivity index (χ1n) is 8.07. The number of carbonyl (C=O) groups excluding carboxylic acids is 2. The third-order valence-electron chi connectivity index (χ3n) is 3.91. The fraction of sp³-hybridized carbons (Fsp3) is 0.579. The minimum absolute atomic E-state index is 0. The van der Waals surface area contributed by atoms with Crippen LogP contribution in [0.5, 0.6) is 0 Å². The summed E-state index contributed by atoms with van der Waals surface area (Å²) in [5.74, 6) is 0.363. The number of nitrogens with one attached hydrogen (secondary N) is 1. The van der Waals surface area contributed by atoms with E-state index in [1.54, 1.807) is 11.9 Å². The van der Waals surface area contributed by atoms with Crippen molar-refractivity contribution < 1.29 is 14.3 Å². The maximum Gasteiger partial charge on any atom is 0.410 e. The molecule has 5 nitrogen and oxygen atoms in total. The molecule has 0 aromatic heterocycles. The molecule has 134 valence electrons. The van der Waals surface area contributed by atoms with Crippen LogP contribution in [-0.4, -0.2) is 42.6 Å². The number of benzene rings is 1. The second-order valence-corrected chi connectivity index (χ2v) is 7.06. The molecule has 2 rings (SSSR count). The molecule has 1 aromatic carbocycles. The Kier molecular flexibility index (Phi) is 6.81. The Morgan fingerprint density at radius 1 is 1.25 bits per heavy atom. The average Bonchev–Trinajstić information content (AvgIpc) is 2.94. The number of hydrogen-bond donors (Lipinski definition) is 1. The molecule has 1 N–H and O–H groups in total. The SMILES string of the molecule is C.CNC(=O)c1ccc(CC2CCN(C(=O)OC(C)(C)C)C2)cc1. The number of rotatable bonds is 3. The summed E-state index contributed by atoms with van der Waals surface area (Å²) in [4.78, 5) is 25.4. The third kappa shape index (κ3) is 5.55. The Labute approximate surface area is 145 Å². The number of ether oxygens (including phenoxy) is 1. The molecular weight excluding hydrogens is 304 g/mol. The largest absolute Gasteiger partial charge is 0.444 e. The number of likely N-dealkylation sites (tertiary alicyclic amines) is 1. The summed E-state index contributed by atoms with van der Waals surface area (Å²) in [6.45, 7) is 7.12. The zero-order chi connectivity index (χ0) is 17.0. The van der Waals surface area contributed by atoms with Crippen LogP contribution in [0.3, 0.4) is 0 Å². The van der Waals surface area contributed by atoms with Crippen molar-refractivity contribution in [3.63, 3.8) is 0 Å². The van der Waals surface area contributed by atoms with Gasteiger partial charge in [-0.15, -0.1) is 0 Å². The van der Waals surface area contributed by atoms with E-state index in [1.807, 2.05) is 45.0 Å². The lowest BCUT2D eigenvalue weighted by atomic mass is 9.98. The highest BCUT2D eigenvalue weighted by Gasteiger charge is 2.29. The molecule has 0 aliphatic carbocycles. The van der Waals surface area contributed by atoms with Crippen molar-refractivity contribution in [3.8, 4) is 0 Å². The van der Waals surface area contributed by atoms with Crippen LogP contribution < -0.4 is 5.32 Å². The van der Waals surface area contributed by atoms with Crippen LogP contribution in [0.25, 0.3) is 0 Å². The normalized spacial score (nSPS) is 17.2. The van der Waals surface area contributed by atoms with Gasteiger partial charge in [0.2, 0.25) is 0 Å². The van der Waals surface area contributed by atoms with E-state index in [9.17, 15) is 9.59 Å². The first-order valence-corrected chi connectivity index (χ1v) is 8.07. The minimum atomic E-state index is -0.454. The Hall–Kier alpha value is -2.04. The summed E-state index contributed by atoms with van der Waals surface area (Å²) in [7, 11) is 1.63. The highest BCUT2D eigenvalue weighted by molar-refractivity contribution is 5.93. The average molecular weight is 334 g/mol. The van der Waals surface area contributed by atoms with Gasteiger partial charge in [-0.2, -0.15) is 0 Å². The number of nitrogens with zero attached hydrogens (tertiary/aromatic N) is 1. The Balaban J connectivity index is 0.00000288. The highest BCUT2D eigenvalue weighted by Crippen LogP contribution is 2.23. The monoisotopic (exact) mass is 334 g/mol. The molecule has 0 spiro atoms. The van der Waals surface area contributed by atoms with Crippen molar-refractivity contribution in [2.75, 3.05) is 20.1 Å². The van der Waals surface area contributed by atoms with Gasteiger partial charge in [0, 0.05) is 25.7 Å². The van der Waals surface area contributed by atoms with Gasteiger partial charge in [-0.25, -0.2) is 4.79 Å². The summed E-state index contributed by atoms with van der Waals surface area (Å²) in [5, 5.41) is 2.61. The Morgan fingerprint density at radius 3 is 2.42 bits per heavy atom. The zero-order valence-corrected chi connectivity index (χ0v) is 14.4. The molecule has 1 atom stereocenters. The lowest BCUT2D eigenvalue weighted by Gasteiger charge is -2.24. The van der Waals surface area contributed by atoms with Gasteiger partial charge in [-0.05, 0) is 57.2 Å². The molecule has 0 saturated carbocycles. The summed E-state index contributed by atoms with van der Waals surface area (Å²) in [6.07, 6.45) is 1.67. The minimum Gasteiger partial charge on any atom is -0.444 e. The molecule has 24 heavy (non-hydrogen) atoms. The van der Waals surface area contributed by atoms with E-state index < -0.39 is 5.60 Å². The quantitative estimate of drug-likeness (QED) is 0.920. The molecule has 1 aromatic rings. The predicted octanol–water partition coefficient (Wildman–Crippen LogP) is 3.48. The molecule has 1 saturated heterocycles. The van der Waals surface area contributed by atoms with Crippen LogP contribution in [0.15, 0.2) is 24.3 Å². The van der Waals surface area contributed by atoms with Crippen molar-refractivity contribution in [1.29, 1.82) is 0 Å². The molecule has 5 heteroatoms. The molecule has 1 fully saturated rings. The summed E-state index contributed by atoms with van der Waals surface area (Å²) in [6, 6.07) is 7.66. The number of hydrogen-bond acceptors (Lipinski definition) is 3. The van der Waals surface area contributed by atoms with E-state index in [1.165, 1.54) is 5.56 Å². The van der Waals surface area contributed by atoms with E-state index in [2.05, 4.69) is 5.32 Å². The summed E-state index contributed by atoms with van der Waals surface area (Å²) >= 11 is 0. The molecule has 0 bridgehead atoms. The molecule has 1 aliphatic heterocycles. The van der Waals surface area contributed by atoms with Gasteiger partial charge in [-0.1, -0.05) is 19.6 Å². The highest BCUT2D eigenvalue weighted by atomic mass is 16.6. The van der Waals surface area contributed by atoms with Gasteiger partial charge in [0.15, 0.2) is 0 Å². The van der Waals surface area contributed by atoms with Crippen LogP contribution in [0.4, 0.5) is 4.79 Å². The van der Waals surface area contributed by atoms with Gasteiger partial charge in [-0.3, -0.25) is 4.79 Å². The van der Waals surface area contributed by atoms with Crippen molar-refractivity contribution in [2.45, 2.75) is 46.6 Å². The van der Waals surface area contributed by atoms with Gasteiger partial charge < -0.3 is 15.0 Å². The molecule has 2 amide bonds. The third-order valence-corrected chi connectivity index (χ3v) is 3.91. The smallest absolute Gasteiger partial charge is 0.410 e. The second kappa shape index (κ2) is 8.18. The predicted molar refractivity (Wildman–Crippen MR) is 96.2 cm³/mol. The fourth-order valence-corrected chi connectivity index (χ4v) is 2.76. The van der Waals surface area contributed by atoms with Gasteiger partial charge in [0.25, 0.3) is 5.91 Å². The molecule has 1 heterocycles. The second-order valence-electron chi connectivity index (χ2n) is 7.06. The van der Waals surface area contributed by atoms with E-state index in [0.717, 1.165) is 25.9 Å². The fourth-order valence-electron chi connectivity index (χ4n) is 2.76. The Morgan fingerprint density at radius 2 is 1.88 bits per heavy atom. The Bertz CT molecular complexity index is 561. The number of carbonyl (C=O) groups is 2. The van der Waals surface area contributed by atoms with Crippen molar-refractivity contribution in [2.24, 2.45) is 5.92 Å². The summed E-state index contributed by atoms with van der Waals surface area (Å²) < 4.78 is 5.42. The first kappa shape index (κ1) is 20.0. The molecule has 1 unspecified atom stereocenters. The topological polar surface area (TPSA) is 58.6 Å². The lowest BCUT2D eigenvalue weighted by Crippen LogP contribution is -2.35. The van der Waals surface area contributed by atoms with Gasteiger partial charge >= 0.3 is 6.09 Å². The van der Waals surface area contributed by atoms with Gasteiger partial charge in [0.05, 0.1) is 0 Å². The van der Waals surface area contributed by atoms with Crippen molar-refractivity contribution in [1.82, 2.24) is 10.2 Å².